The molecule has 2 rings (SSSR count). The predicted octanol–water partition coefficient (Wildman–Crippen LogP) is 3.82. The van der Waals surface area contributed by atoms with Crippen molar-refractivity contribution in [3.05, 3.63) is 59.9 Å². The summed E-state index contributed by atoms with van der Waals surface area (Å²) in [6.45, 7) is 2.76. The van der Waals surface area contributed by atoms with Gasteiger partial charge in [-0.3, -0.25) is 9.10 Å². The lowest BCUT2D eigenvalue weighted by Crippen LogP contribution is -2.40. The van der Waals surface area contributed by atoms with Crippen LogP contribution in [0.4, 0.5) is 10.1 Å². The fraction of sp³-hybridized carbons (Fsp3) is 0.409. The highest BCUT2D eigenvalue weighted by molar-refractivity contribution is 7.98. The van der Waals surface area contributed by atoms with E-state index in [9.17, 15) is 17.6 Å². The van der Waals surface area contributed by atoms with Crippen LogP contribution in [0.3, 0.4) is 0 Å². The Morgan fingerprint density at radius 3 is 2.42 bits per heavy atom. The first kappa shape index (κ1) is 25.0. The van der Waals surface area contributed by atoms with Crippen molar-refractivity contribution in [1.82, 2.24) is 5.32 Å². The topological polar surface area (TPSA) is 75.7 Å². The number of carbonyl (C=O) groups excluding carboxylic acids is 1. The number of nitrogens with zero attached hydrogens (tertiary/aromatic N) is 1. The Morgan fingerprint density at radius 2 is 1.81 bits per heavy atom. The molecule has 1 N–H and O–H groups in total. The number of benzene rings is 2. The lowest BCUT2D eigenvalue weighted by Gasteiger charge is -2.22. The summed E-state index contributed by atoms with van der Waals surface area (Å²) in [6.07, 6.45) is 2.70. The van der Waals surface area contributed by atoms with Crippen LogP contribution in [0.5, 0.6) is 5.75 Å². The Morgan fingerprint density at radius 1 is 1.13 bits per heavy atom. The molecule has 0 unspecified atom stereocenters. The molecule has 170 valence electrons. The van der Waals surface area contributed by atoms with Crippen LogP contribution < -0.4 is 14.4 Å². The maximum absolute atomic E-state index is 12.9. The summed E-state index contributed by atoms with van der Waals surface area (Å²) in [5, 5.41) is 2.77. The molecule has 0 bridgehead atoms. The van der Waals surface area contributed by atoms with Gasteiger partial charge in [0, 0.05) is 12.3 Å². The average molecular weight is 469 g/mol. The smallest absolute Gasteiger partial charge is 0.240 e. The number of thioether (sulfide) groups is 1. The normalized spacial score (nSPS) is 11.2. The summed E-state index contributed by atoms with van der Waals surface area (Å²) >= 11 is 1.69. The van der Waals surface area contributed by atoms with Gasteiger partial charge in [0.15, 0.2) is 0 Å². The Hall–Kier alpha value is -2.26. The van der Waals surface area contributed by atoms with Crippen molar-refractivity contribution in [2.24, 2.45) is 0 Å². The molecule has 0 fully saturated rings. The van der Waals surface area contributed by atoms with E-state index in [4.69, 9.17) is 4.74 Å². The molecule has 0 aromatic heterocycles. The molecule has 0 aliphatic heterocycles. The number of hydrogen-bond acceptors (Lipinski definition) is 5. The van der Waals surface area contributed by atoms with Crippen molar-refractivity contribution < 1.29 is 22.3 Å². The van der Waals surface area contributed by atoms with E-state index in [2.05, 4.69) is 5.32 Å². The zero-order valence-electron chi connectivity index (χ0n) is 17.8. The highest BCUT2D eigenvalue weighted by Crippen LogP contribution is 2.21. The van der Waals surface area contributed by atoms with E-state index in [1.807, 2.05) is 6.92 Å². The van der Waals surface area contributed by atoms with E-state index in [-0.39, 0.29) is 18.3 Å². The lowest BCUT2D eigenvalue weighted by molar-refractivity contribution is -0.119. The summed E-state index contributed by atoms with van der Waals surface area (Å²) in [7, 11) is -3.61. The van der Waals surface area contributed by atoms with Gasteiger partial charge in [-0.1, -0.05) is 19.1 Å². The molecule has 2 aromatic carbocycles. The van der Waals surface area contributed by atoms with E-state index in [0.717, 1.165) is 40.5 Å². The standard InChI is InChI=1S/C22H29FN2O4S2/c1-3-14-29-21-11-9-20(10-12-21)25(31(2,27)28)16-22(26)24-13-4-15-30-17-18-5-7-19(23)8-6-18/h5-12H,3-4,13-17H2,1-2H3,(H,24,26). The first-order valence-electron chi connectivity index (χ1n) is 10.1. The fourth-order valence-electron chi connectivity index (χ4n) is 2.69. The maximum Gasteiger partial charge on any atom is 0.240 e. The molecule has 0 saturated heterocycles. The van der Waals surface area contributed by atoms with Gasteiger partial charge in [-0.05, 0) is 60.6 Å². The molecule has 0 aliphatic carbocycles. The Bertz CT molecular complexity index is 920. The van der Waals surface area contributed by atoms with E-state index < -0.39 is 10.0 Å². The summed E-state index contributed by atoms with van der Waals surface area (Å²) in [5.41, 5.74) is 1.46. The number of rotatable bonds is 13. The second kappa shape index (κ2) is 12.6. The van der Waals surface area contributed by atoms with Gasteiger partial charge < -0.3 is 10.1 Å². The van der Waals surface area contributed by atoms with Gasteiger partial charge in [-0.2, -0.15) is 11.8 Å². The summed E-state index contributed by atoms with van der Waals surface area (Å²) in [5.74, 6) is 1.64. The largest absolute Gasteiger partial charge is 0.494 e. The van der Waals surface area contributed by atoms with E-state index >= 15 is 0 Å². The number of sulfonamides is 1. The van der Waals surface area contributed by atoms with Crippen LogP contribution in [-0.2, 0) is 20.6 Å². The number of anilines is 1. The van der Waals surface area contributed by atoms with Gasteiger partial charge in [-0.15, -0.1) is 0 Å². The molecule has 0 radical (unpaired) electrons. The fourth-order valence-corrected chi connectivity index (χ4v) is 4.46. The van der Waals surface area contributed by atoms with Gasteiger partial charge in [0.1, 0.15) is 18.1 Å². The average Bonchev–Trinajstić information content (AvgIpc) is 2.74. The minimum Gasteiger partial charge on any atom is -0.494 e. The Balaban J connectivity index is 1.77. The van der Waals surface area contributed by atoms with Crippen LogP contribution in [0.2, 0.25) is 0 Å². The second-order valence-corrected chi connectivity index (χ2v) is 10.0. The number of halogens is 1. The van der Waals surface area contributed by atoms with Crippen molar-refractivity contribution in [3.63, 3.8) is 0 Å². The van der Waals surface area contributed by atoms with Crippen molar-refractivity contribution in [2.75, 3.05) is 36.0 Å². The van der Waals surface area contributed by atoms with Crippen molar-refractivity contribution in [2.45, 2.75) is 25.5 Å². The number of amides is 1. The molecule has 0 atom stereocenters. The maximum atomic E-state index is 12.9. The third-order valence-electron chi connectivity index (χ3n) is 4.25. The summed E-state index contributed by atoms with van der Waals surface area (Å²) in [6, 6.07) is 13.0. The van der Waals surface area contributed by atoms with Crippen LogP contribution >= 0.6 is 11.8 Å². The lowest BCUT2D eigenvalue weighted by atomic mass is 10.2. The predicted molar refractivity (Wildman–Crippen MR) is 125 cm³/mol. The highest BCUT2D eigenvalue weighted by atomic mass is 32.2. The Kier molecular flexibility index (Phi) is 10.1. The van der Waals surface area contributed by atoms with Gasteiger partial charge in [-0.25, -0.2) is 12.8 Å². The van der Waals surface area contributed by atoms with Crippen LogP contribution in [0.15, 0.2) is 48.5 Å². The molecule has 0 saturated carbocycles. The molecule has 0 spiro atoms. The second-order valence-electron chi connectivity index (χ2n) is 6.99. The first-order chi connectivity index (χ1) is 14.8. The van der Waals surface area contributed by atoms with Gasteiger partial charge in [0.05, 0.1) is 18.6 Å². The first-order valence-corrected chi connectivity index (χ1v) is 13.1. The molecule has 2 aromatic rings. The Labute approximate surface area is 188 Å². The minimum absolute atomic E-state index is 0.250. The quantitative estimate of drug-likeness (QED) is 0.453. The summed E-state index contributed by atoms with van der Waals surface area (Å²) in [4.78, 5) is 12.3. The van der Waals surface area contributed by atoms with Crippen LogP contribution in [-0.4, -0.2) is 46.0 Å². The zero-order valence-corrected chi connectivity index (χ0v) is 19.5. The molecule has 0 aliphatic rings. The molecular formula is C22H29FN2O4S2. The molecule has 6 nitrogen and oxygen atoms in total. The molecule has 1 amide bonds. The van der Waals surface area contributed by atoms with Crippen molar-refractivity contribution in [1.29, 1.82) is 0 Å². The van der Waals surface area contributed by atoms with E-state index in [1.165, 1.54) is 12.1 Å². The van der Waals surface area contributed by atoms with Crippen LogP contribution in [0, 0.1) is 5.82 Å². The van der Waals surface area contributed by atoms with Crippen LogP contribution in [0.25, 0.3) is 0 Å². The van der Waals surface area contributed by atoms with Crippen molar-refractivity contribution in [3.8, 4) is 5.75 Å². The number of ether oxygens (including phenoxy) is 1. The third-order valence-corrected chi connectivity index (χ3v) is 6.51. The number of carbonyl (C=O) groups is 1. The van der Waals surface area contributed by atoms with Gasteiger partial charge in [0.2, 0.25) is 15.9 Å². The molecular weight excluding hydrogens is 439 g/mol. The van der Waals surface area contributed by atoms with Crippen molar-refractivity contribution >= 4 is 33.4 Å². The van der Waals surface area contributed by atoms with Gasteiger partial charge in [0.25, 0.3) is 0 Å². The van der Waals surface area contributed by atoms with Crippen LogP contribution in [0.1, 0.15) is 25.3 Å². The van der Waals surface area contributed by atoms with Gasteiger partial charge >= 0.3 is 0 Å². The SMILES string of the molecule is CCCOc1ccc(N(CC(=O)NCCCSCc2ccc(F)cc2)S(C)(=O)=O)cc1. The molecule has 31 heavy (non-hydrogen) atoms. The minimum atomic E-state index is -3.61. The number of nitrogens with one attached hydrogen (secondary N) is 1. The van der Waals surface area contributed by atoms with E-state index in [0.29, 0.717) is 24.6 Å². The number of hydrogen-bond donors (Lipinski definition) is 1. The summed E-state index contributed by atoms with van der Waals surface area (Å²) < 4.78 is 43.8. The molecule has 0 heterocycles. The highest BCUT2D eigenvalue weighted by Gasteiger charge is 2.20. The third kappa shape index (κ3) is 9.18. The monoisotopic (exact) mass is 468 g/mol. The zero-order chi connectivity index (χ0) is 22.7. The molecule has 9 heteroatoms. The van der Waals surface area contributed by atoms with E-state index in [1.54, 1.807) is 48.2 Å².